The van der Waals surface area contributed by atoms with Crippen molar-refractivity contribution in [3.8, 4) is 0 Å². The summed E-state index contributed by atoms with van der Waals surface area (Å²) in [7, 11) is 3.98. The molecule has 2 bridgehead atoms. The molecular formula is C41H57NO3S2. The van der Waals surface area contributed by atoms with Crippen LogP contribution in [0.3, 0.4) is 0 Å². The van der Waals surface area contributed by atoms with Gasteiger partial charge < -0.3 is 15.9 Å². The summed E-state index contributed by atoms with van der Waals surface area (Å²) in [5.41, 5.74) is 11.3. The van der Waals surface area contributed by atoms with Gasteiger partial charge in [-0.15, -0.1) is 0 Å². The quantitative estimate of drug-likeness (QED) is 0.154. The molecule has 0 aromatic heterocycles. The maximum Gasteiger partial charge on any atom is 0.303 e. The maximum atomic E-state index is 12.3. The molecule has 0 saturated heterocycles. The Hall–Kier alpha value is -1.99. The fraction of sp³-hybridized carbons (Fsp3) is 0.585. The van der Waals surface area contributed by atoms with Gasteiger partial charge in [0.25, 0.3) is 0 Å². The predicted molar refractivity (Wildman–Crippen MR) is 200 cm³/mol. The minimum atomic E-state index is -0.698. The first kappa shape index (κ1) is 36.3. The number of aliphatic hydroxyl groups excluding tert-OH is 1. The molecule has 0 spiro atoms. The summed E-state index contributed by atoms with van der Waals surface area (Å²) in [6.07, 6.45) is 24.3. The van der Waals surface area contributed by atoms with Gasteiger partial charge in [-0.2, -0.15) is 0 Å². The third-order valence-electron chi connectivity index (χ3n) is 11.3. The van der Waals surface area contributed by atoms with E-state index < -0.39 is 5.97 Å². The zero-order chi connectivity index (χ0) is 32.8. The Labute approximate surface area is 291 Å². The zero-order valence-electron chi connectivity index (χ0n) is 28.2. The Bertz CT molecular complexity index is 1310. The van der Waals surface area contributed by atoms with Gasteiger partial charge in [0.15, 0.2) is 0 Å². The number of carboxylic acids is 1. The number of aliphatic carboxylic acids is 1. The van der Waals surface area contributed by atoms with E-state index in [1.807, 2.05) is 27.7 Å². The van der Waals surface area contributed by atoms with Gasteiger partial charge in [-0.1, -0.05) is 127 Å². The van der Waals surface area contributed by atoms with Gasteiger partial charge in [0.05, 0.1) is 6.61 Å². The van der Waals surface area contributed by atoms with Gasteiger partial charge in [-0.25, -0.2) is 0 Å². The molecule has 2 aliphatic carbocycles. The van der Waals surface area contributed by atoms with Crippen LogP contribution < -0.4 is 5.73 Å². The van der Waals surface area contributed by atoms with Crippen molar-refractivity contribution in [3.63, 3.8) is 0 Å². The molecule has 6 rings (SSSR count). The lowest BCUT2D eigenvalue weighted by Gasteiger charge is -2.42. The van der Waals surface area contributed by atoms with Gasteiger partial charge in [-0.3, -0.25) is 4.79 Å². The lowest BCUT2D eigenvalue weighted by atomic mass is 9.63. The van der Waals surface area contributed by atoms with Gasteiger partial charge in [-0.05, 0) is 115 Å². The van der Waals surface area contributed by atoms with E-state index >= 15 is 0 Å². The molecule has 2 heterocycles. The standard InChI is InChI=1S/C41H57NO3S2/c42-21-20-39-35-18-19-36(40(39)26-41(44)45)24-33-16-7-8-17-37(33)28-46-47-29-38(23-31-13-9-14-32(22-31)27-43)34(25-35)15-6-2-5-12-30-10-3-1-4-11-30/h2,6-9,13-14,16-19,22,30,34-36,38-40,43H,1,3-5,10-12,15,20-21,23-29,42H2,(H,44,45)/b6-2-/t34-,35+,36+,38+,39+,40+/m1/s1. The number of hydrogen-bond donors (Lipinski definition) is 3. The molecule has 6 atom stereocenters. The maximum absolute atomic E-state index is 12.3. The van der Waals surface area contributed by atoms with Gasteiger partial charge in [0.1, 0.15) is 0 Å². The first-order valence-electron chi connectivity index (χ1n) is 18.3. The van der Waals surface area contributed by atoms with E-state index in [4.69, 9.17) is 5.73 Å². The van der Waals surface area contributed by atoms with Gasteiger partial charge >= 0.3 is 5.97 Å². The predicted octanol–water partition coefficient (Wildman–Crippen LogP) is 9.65. The van der Waals surface area contributed by atoms with Crippen molar-refractivity contribution in [2.24, 2.45) is 47.2 Å². The molecule has 6 heteroatoms. The molecule has 1 saturated carbocycles. The number of hydrogen-bond acceptors (Lipinski definition) is 5. The van der Waals surface area contributed by atoms with Crippen molar-refractivity contribution in [2.75, 3.05) is 12.3 Å². The molecule has 4 nitrogen and oxygen atoms in total. The van der Waals surface area contributed by atoms with E-state index in [1.54, 1.807) is 0 Å². The SMILES string of the molecule is NCC[C@@H]1[C@@H](CC(=O)O)[C@H]2C=C[C@H]1C[C@@H](C/C=C\CCC1CCCCC1)[C@@H](Cc1cccc(CO)c1)CSSCc1ccccc1C2. The lowest BCUT2D eigenvalue weighted by Crippen LogP contribution is -2.37. The van der Waals surface area contributed by atoms with Gasteiger partial charge in [0.2, 0.25) is 0 Å². The molecule has 2 aromatic carbocycles. The Morgan fingerprint density at radius 2 is 1.66 bits per heavy atom. The Kier molecular flexibility index (Phi) is 14.9. The van der Waals surface area contributed by atoms with E-state index in [9.17, 15) is 15.0 Å². The van der Waals surface area contributed by atoms with E-state index in [1.165, 1.54) is 61.6 Å². The Morgan fingerprint density at radius 3 is 2.45 bits per heavy atom. The van der Waals surface area contributed by atoms with Crippen molar-refractivity contribution >= 4 is 27.6 Å². The molecule has 0 amide bonds. The lowest BCUT2D eigenvalue weighted by molar-refractivity contribution is -0.139. The normalized spacial score (nSPS) is 27.4. The molecular weight excluding hydrogens is 619 g/mol. The number of nitrogens with two attached hydrogens (primary N) is 1. The molecule has 1 fully saturated rings. The topological polar surface area (TPSA) is 83.6 Å². The molecule has 47 heavy (non-hydrogen) atoms. The van der Waals surface area contributed by atoms with E-state index in [-0.39, 0.29) is 30.8 Å². The number of aliphatic hydroxyl groups is 1. The molecule has 4 aliphatic rings. The van der Waals surface area contributed by atoms with Crippen molar-refractivity contribution < 1.29 is 15.0 Å². The van der Waals surface area contributed by atoms with E-state index in [2.05, 4.69) is 66.8 Å². The fourth-order valence-electron chi connectivity index (χ4n) is 8.74. The molecule has 4 N–H and O–H groups in total. The number of carboxylic acid groups (broad SMARTS) is 1. The fourth-order valence-corrected chi connectivity index (χ4v) is 11.3. The minimum absolute atomic E-state index is 0.0649. The highest BCUT2D eigenvalue weighted by molar-refractivity contribution is 8.76. The van der Waals surface area contributed by atoms with Crippen LogP contribution in [0.5, 0.6) is 0 Å². The summed E-state index contributed by atoms with van der Waals surface area (Å²) in [5, 5.41) is 20.0. The molecule has 0 unspecified atom stereocenters. The zero-order valence-corrected chi connectivity index (χ0v) is 29.8. The second kappa shape index (κ2) is 19.3. The second-order valence-corrected chi connectivity index (χ2v) is 17.0. The number of fused-ring (bicyclic) bond motifs is 7. The summed E-state index contributed by atoms with van der Waals surface area (Å²) in [6.45, 7) is 0.652. The number of allylic oxidation sites excluding steroid dienone is 4. The van der Waals surface area contributed by atoms with Crippen molar-refractivity contribution in [3.05, 3.63) is 95.1 Å². The van der Waals surface area contributed by atoms with Crippen molar-refractivity contribution in [1.29, 1.82) is 0 Å². The minimum Gasteiger partial charge on any atom is -0.481 e. The average Bonchev–Trinajstić information content (AvgIpc) is 3.08. The third-order valence-corrected chi connectivity index (χ3v) is 13.7. The summed E-state index contributed by atoms with van der Waals surface area (Å²) in [5.74, 6) is 4.02. The van der Waals surface area contributed by atoms with E-state index in [0.29, 0.717) is 24.3 Å². The second-order valence-electron chi connectivity index (χ2n) is 14.5. The van der Waals surface area contributed by atoms with Crippen molar-refractivity contribution in [2.45, 2.75) is 95.8 Å². The van der Waals surface area contributed by atoms with Crippen LogP contribution in [0.1, 0.15) is 92.9 Å². The van der Waals surface area contributed by atoms with Crippen LogP contribution >= 0.6 is 21.6 Å². The first-order valence-corrected chi connectivity index (χ1v) is 20.8. The number of benzene rings is 2. The van der Waals surface area contributed by atoms with Crippen LogP contribution in [0.25, 0.3) is 0 Å². The van der Waals surface area contributed by atoms with Crippen molar-refractivity contribution in [1.82, 2.24) is 0 Å². The van der Waals surface area contributed by atoms with E-state index in [0.717, 1.165) is 55.1 Å². The monoisotopic (exact) mass is 675 g/mol. The molecule has 2 aliphatic heterocycles. The van der Waals surface area contributed by atoms with Crippen LogP contribution in [0.4, 0.5) is 0 Å². The highest BCUT2D eigenvalue weighted by atomic mass is 33.1. The number of rotatable bonds is 12. The third kappa shape index (κ3) is 11.0. The van der Waals surface area contributed by atoms with Gasteiger partial charge in [0, 0.05) is 17.9 Å². The highest BCUT2D eigenvalue weighted by Gasteiger charge is 2.39. The van der Waals surface area contributed by atoms with Crippen LogP contribution in [0.2, 0.25) is 0 Å². The number of carbonyl (C=O) groups is 1. The highest BCUT2D eigenvalue weighted by Crippen LogP contribution is 2.46. The Morgan fingerprint density at radius 1 is 0.872 bits per heavy atom. The largest absolute Gasteiger partial charge is 0.481 e. The summed E-state index contributed by atoms with van der Waals surface area (Å²) in [6, 6.07) is 17.3. The van der Waals surface area contributed by atoms with Crippen LogP contribution in [0, 0.1) is 41.4 Å². The van der Waals surface area contributed by atoms with Crippen LogP contribution in [0.15, 0.2) is 72.8 Å². The summed E-state index contributed by atoms with van der Waals surface area (Å²) in [4.78, 5) is 12.3. The molecule has 256 valence electrons. The summed E-state index contributed by atoms with van der Waals surface area (Å²) < 4.78 is 0. The molecule has 2 aromatic rings. The van der Waals surface area contributed by atoms with Crippen LogP contribution in [-0.2, 0) is 30.0 Å². The van der Waals surface area contributed by atoms with Crippen LogP contribution in [-0.4, -0.2) is 28.5 Å². The smallest absolute Gasteiger partial charge is 0.303 e. The molecule has 0 radical (unpaired) electrons. The first-order chi connectivity index (χ1) is 23.0. The summed E-state index contributed by atoms with van der Waals surface area (Å²) >= 11 is 0. The average molecular weight is 676 g/mol. The Balaban J connectivity index is 1.45.